The van der Waals surface area contributed by atoms with Crippen LogP contribution in [-0.4, -0.2) is 37.2 Å². The number of carboxylic acids is 1. The smallest absolute Gasteiger partial charge is 0.324 e. The van der Waals surface area contributed by atoms with E-state index in [1.165, 1.54) is 0 Å². The molecule has 0 fully saturated rings. The Balaban J connectivity index is 3.50. The Hall–Kier alpha value is -1.44. The van der Waals surface area contributed by atoms with Crippen molar-refractivity contribution < 1.29 is 23.4 Å². The maximum atomic E-state index is 12.5. The molecule has 1 atom stereocenters. The number of carbonyl (C=O) groups is 1. The second-order valence-corrected chi connectivity index (χ2v) is 6.80. The lowest BCUT2D eigenvalue weighted by atomic mass is 9.95. The molecule has 0 aliphatic carbocycles. The highest BCUT2D eigenvalue weighted by atomic mass is 32.2. The van der Waals surface area contributed by atoms with Crippen molar-refractivity contribution in [3.8, 4) is 0 Å². The zero-order valence-electron chi connectivity index (χ0n) is 12.8. The maximum Gasteiger partial charge on any atom is 0.324 e. The molecule has 1 rings (SSSR count). The van der Waals surface area contributed by atoms with Crippen molar-refractivity contribution in [2.75, 3.05) is 6.61 Å². The Morgan fingerprint density at radius 1 is 1.00 bits per heavy atom. The van der Waals surface area contributed by atoms with E-state index in [1.807, 2.05) is 25.5 Å². The van der Waals surface area contributed by atoms with Crippen molar-refractivity contribution in [1.29, 1.82) is 0 Å². The zero-order chi connectivity index (χ0) is 16.5. The van der Waals surface area contributed by atoms with Gasteiger partial charge in [-0.25, -0.2) is 8.42 Å². The second kappa shape index (κ2) is 6.13. The number of rotatable bonds is 5. The first-order valence-electron chi connectivity index (χ1n) is 6.47. The second-order valence-electron chi connectivity index (χ2n) is 5.15. The molecule has 118 valence electrons. The average Bonchev–Trinajstić information content (AvgIpc) is 2.40. The summed E-state index contributed by atoms with van der Waals surface area (Å²) in [5.41, 5.74) is 3.90. The fourth-order valence-electron chi connectivity index (χ4n) is 2.28. The Labute approximate surface area is 124 Å². The quantitative estimate of drug-likeness (QED) is 0.750. The van der Waals surface area contributed by atoms with Crippen LogP contribution in [0.1, 0.15) is 27.8 Å². The topological polar surface area (TPSA) is 104 Å². The molecule has 0 aliphatic rings. The van der Waals surface area contributed by atoms with Gasteiger partial charge in [0.1, 0.15) is 6.04 Å². The van der Waals surface area contributed by atoms with Crippen molar-refractivity contribution in [2.45, 2.75) is 45.6 Å². The van der Waals surface area contributed by atoms with Crippen LogP contribution in [0.25, 0.3) is 0 Å². The van der Waals surface area contributed by atoms with E-state index in [4.69, 9.17) is 10.2 Å². The summed E-state index contributed by atoms with van der Waals surface area (Å²) in [5, 5.41) is 17.9. The SMILES string of the molecule is Cc1c(C)c(C)c(S(=O)(=O)NC(CO)C(=O)O)c(C)c1C. The van der Waals surface area contributed by atoms with Gasteiger partial charge in [-0.05, 0) is 62.4 Å². The minimum absolute atomic E-state index is 0.0859. The van der Waals surface area contributed by atoms with Crippen molar-refractivity contribution in [3.05, 3.63) is 27.8 Å². The van der Waals surface area contributed by atoms with Crippen molar-refractivity contribution in [2.24, 2.45) is 0 Å². The van der Waals surface area contributed by atoms with Gasteiger partial charge in [0.15, 0.2) is 0 Å². The number of sulfonamides is 1. The number of hydrogen-bond acceptors (Lipinski definition) is 4. The third-order valence-electron chi connectivity index (χ3n) is 3.98. The van der Waals surface area contributed by atoms with E-state index in [9.17, 15) is 13.2 Å². The third-order valence-corrected chi connectivity index (χ3v) is 5.72. The highest BCUT2D eigenvalue weighted by Crippen LogP contribution is 2.29. The Morgan fingerprint density at radius 3 is 1.71 bits per heavy atom. The summed E-state index contributed by atoms with van der Waals surface area (Å²) >= 11 is 0. The van der Waals surface area contributed by atoms with Crippen molar-refractivity contribution >= 4 is 16.0 Å². The van der Waals surface area contributed by atoms with E-state index in [2.05, 4.69) is 0 Å². The molecule has 7 heteroatoms. The molecule has 0 spiro atoms. The molecule has 1 aromatic rings. The number of hydrogen-bond donors (Lipinski definition) is 3. The Bertz CT molecular complexity index is 650. The fraction of sp³-hybridized carbons (Fsp3) is 0.500. The van der Waals surface area contributed by atoms with Crippen LogP contribution < -0.4 is 4.72 Å². The van der Waals surface area contributed by atoms with E-state index >= 15 is 0 Å². The van der Waals surface area contributed by atoms with Crippen LogP contribution in [0, 0.1) is 34.6 Å². The van der Waals surface area contributed by atoms with Gasteiger partial charge in [-0.3, -0.25) is 4.79 Å². The first-order chi connectivity index (χ1) is 9.54. The summed E-state index contributed by atoms with van der Waals surface area (Å²) in [6.45, 7) is 8.16. The van der Waals surface area contributed by atoms with Crippen molar-refractivity contribution in [3.63, 3.8) is 0 Å². The van der Waals surface area contributed by atoms with E-state index < -0.39 is 28.6 Å². The van der Waals surface area contributed by atoms with Gasteiger partial charge < -0.3 is 10.2 Å². The molecule has 3 N–H and O–H groups in total. The van der Waals surface area contributed by atoms with E-state index in [1.54, 1.807) is 13.8 Å². The van der Waals surface area contributed by atoms with Gasteiger partial charge in [0, 0.05) is 0 Å². The molecule has 6 nitrogen and oxygen atoms in total. The van der Waals surface area contributed by atoms with E-state index in [-0.39, 0.29) is 4.90 Å². The van der Waals surface area contributed by atoms with Gasteiger partial charge in [0.25, 0.3) is 0 Å². The third kappa shape index (κ3) is 3.25. The normalized spacial score (nSPS) is 13.2. The number of aliphatic hydroxyl groups excluding tert-OH is 1. The minimum atomic E-state index is -4.03. The van der Waals surface area contributed by atoms with Gasteiger partial charge in [0.05, 0.1) is 11.5 Å². The summed E-state index contributed by atoms with van der Waals surface area (Å²) in [7, 11) is -4.03. The largest absolute Gasteiger partial charge is 0.480 e. The van der Waals surface area contributed by atoms with Gasteiger partial charge in [-0.1, -0.05) is 0 Å². The van der Waals surface area contributed by atoms with Crippen LogP contribution in [0.2, 0.25) is 0 Å². The molecule has 1 aromatic carbocycles. The van der Waals surface area contributed by atoms with Gasteiger partial charge >= 0.3 is 5.97 Å². The molecule has 0 heterocycles. The van der Waals surface area contributed by atoms with Crippen LogP contribution in [0.4, 0.5) is 0 Å². The number of aliphatic carboxylic acids is 1. The minimum Gasteiger partial charge on any atom is -0.480 e. The molecule has 0 aromatic heterocycles. The molecule has 0 bridgehead atoms. The molecule has 21 heavy (non-hydrogen) atoms. The van der Waals surface area contributed by atoms with Crippen LogP contribution in [-0.2, 0) is 14.8 Å². The predicted octanol–water partition coefficient (Wildman–Crippen LogP) is 0.953. The molecular weight excluding hydrogens is 294 g/mol. The summed E-state index contributed by atoms with van der Waals surface area (Å²) in [5.74, 6) is -1.42. The van der Waals surface area contributed by atoms with Gasteiger partial charge in [-0.2, -0.15) is 4.72 Å². The molecule has 1 unspecified atom stereocenters. The molecule has 0 saturated carbocycles. The summed E-state index contributed by atoms with van der Waals surface area (Å²) in [6, 6.07) is -1.56. The summed E-state index contributed by atoms with van der Waals surface area (Å²) in [6.07, 6.45) is 0. The lowest BCUT2D eigenvalue weighted by Gasteiger charge is -2.20. The molecule has 0 amide bonds. The average molecular weight is 315 g/mol. The molecule has 0 aliphatic heterocycles. The summed E-state index contributed by atoms with van der Waals surface area (Å²) in [4.78, 5) is 11.0. The predicted molar refractivity (Wildman–Crippen MR) is 79.0 cm³/mol. The summed E-state index contributed by atoms with van der Waals surface area (Å²) < 4.78 is 27.0. The number of benzene rings is 1. The number of nitrogens with one attached hydrogen (secondary N) is 1. The fourth-order valence-corrected chi connectivity index (χ4v) is 4.06. The van der Waals surface area contributed by atoms with Crippen molar-refractivity contribution in [1.82, 2.24) is 4.72 Å². The standard InChI is InChI=1S/C14H21NO5S/c1-7-8(2)10(4)13(11(5)9(7)3)21(19,20)15-12(6-16)14(17)18/h12,15-16H,6H2,1-5H3,(H,17,18). The first-order valence-corrected chi connectivity index (χ1v) is 7.95. The molecular formula is C14H21NO5S. The van der Waals surface area contributed by atoms with Gasteiger partial charge in [-0.15, -0.1) is 0 Å². The van der Waals surface area contributed by atoms with E-state index in [0.717, 1.165) is 16.7 Å². The maximum absolute atomic E-state index is 12.5. The lowest BCUT2D eigenvalue weighted by Crippen LogP contribution is -2.43. The molecule has 0 radical (unpaired) electrons. The Kier molecular flexibility index (Phi) is 5.14. The highest BCUT2D eigenvalue weighted by Gasteiger charge is 2.28. The van der Waals surface area contributed by atoms with Crippen LogP contribution in [0.5, 0.6) is 0 Å². The monoisotopic (exact) mass is 315 g/mol. The van der Waals surface area contributed by atoms with Crippen LogP contribution in [0.15, 0.2) is 4.90 Å². The molecule has 0 saturated heterocycles. The highest BCUT2D eigenvalue weighted by molar-refractivity contribution is 7.89. The van der Waals surface area contributed by atoms with Crippen LogP contribution in [0.3, 0.4) is 0 Å². The lowest BCUT2D eigenvalue weighted by molar-refractivity contribution is -0.139. The number of aliphatic hydroxyl groups is 1. The van der Waals surface area contributed by atoms with E-state index in [0.29, 0.717) is 11.1 Å². The number of carboxylic acid groups (broad SMARTS) is 1. The first kappa shape index (κ1) is 17.6. The van der Waals surface area contributed by atoms with Crippen LogP contribution >= 0.6 is 0 Å². The zero-order valence-corrected chi connectivity index (χ0v) is 13.6. The Morgan fingerprint density at radius 2 is 1.38 bits per heavy atom. The van der Waals surface area contributed by atoms with Gasteiger partial charge in [0.2, 0.25) is 10.0 Å².